The zero-order valence-electron chi connectivity index (χ0n) is 13.5. The lowest BCUT2D eigenvalue weighted by Gasteiger charge is -2.10. The molecule has 0 saturated carbocycles. The van der Waals surface area contributed by atoms with Crippen LogP contribution in [0, 0.1) is 0 Å². The standard InChI is InChI=1S/C17H21IN4O2/c1-2-3-15(18)12-4-7-14(8-5-12)24-17-9-6-13(10-21-17)20-11-16(23)22-19/h4-10,15,20H,2-3,11,19H2,1H3,(H,22,23). The zero-order chi connectivity index (χ0) is 17.4. The summed E-state index contributed by atoms with van der Waals surface area (Å²) in [6.07, 6.45) is 3.94. The van der Waals surface area contributed by atoms with Gasteiger partial charge in [-0.05, 0) is 30.2 Å². The molecule has 2 aromatic rings. The number of aromatic nitrogens is 1. The Kier molecular flexibility index (Phi) is 7.26. The molecule has 128 valence electrons. The minimum Gasteiger partial charge on any atom is -0.439 e. The number of hydrogen-bond donors (Lipinski definition) is 3. The Morgan fingerprint density at radius 2 is 2.04 bits per heavy atom. The van der Waals surface area contributed by atoms with Crippen molar-refractivity contribution in [2.75, 3.05) is 11.9 Å². The molecule has 1 atom stereocenters. The first-order valence-electron chi connectivity index (χ1n) is 7.73. The van der Waals surface area contributed by atoms with Gasteiger partial charge in [-0.25, -0.2) is 10.8 Å². The average Bonchev–Trinajstić information content (AvgIpc) is 2.61. The van der Waals surface area contributed by atoms with Gasteiger partial charge in [0.15, 0.2) is 0 Å². The van der Waals surface area contributed by atoms with E-state index < -0.39 is 0 Å². The summed E-state index contributed by atoms with van der Waals surface area (Å²) in [6.45, 7) is 2.28. The van der Waals surface area contributed by atoms with Crippen molar-refractivity contribution in [3.05, 3.63) is 48.2 Å². The Morgan fingerprint density at radius 1 is 1.29 bits per heavy atom. The third kappa shape index (κ3) is 5.64. The maximum atomic E-state index is 11.1. The zero-order valence-corrected chi connectivity index (χ0v) is 15.6. The molecule has 4 N–H and O–H groups in total. The predicted octanol–water partition coefficient (Wildman–Crippen LogP) is 3.55. The Hall–Kier alpha value is -1.87. The summed E-state index contributed by atoms with van der Waals surface area (Å²) in [5, 5.41) is 2.91. The number of nitrogens with zero attached hydrogens (tertiary/aromatic N) is 1. The second-order valence-electron chi connectivity index (χ2n) is 5.23. The molecule has 0 fully saturated rings. The Morgan fingerprint density at radius 3 is 2.62 bits per heavy atom. The van der Waals surface area contributed by atoms with E-state index in [1.54, 1.807) is 18.3 Å². The van der Waals surface area contributed by atoms with Gasteiger partial charge < -0.3 is 10.1 Å². The van der Waals surface area contributed by atoms with Crippen LogP contribution in [0.1, 0.15) is 29.3 Å². The van der Waals surface area contributed by atoms with Crippen LogP contribution in [0.3, 0.4) is 0 Å². The molecule has 2 rings (SSSR count). The second-order valence-corrected chi connectivity index (χ2v) is 6.74. The maximum Gasteiger partial charge on any atom is 0.253 e. The first kappa shape index (κ1) is 18.5. The summed E-state index contributed by atoms with van der Waals surface area (Å²) < 4.78 is 6.26. The van der Waals surface area contributed by atoms with Crippen LogP contribution in [0.2, 0.25) is 0 Å². The average molecular weight is 440 g/mol. The predicted molar refractivity (Wildman–Crippen MR) is 103 cm³/mol. The molecule has 0 spiro atoms. The van der Waals surface area contributed by atoms with E-state index in [9.17, 15) is 4.79 Å². The molecule has 0 bridgehead atoms. The number of nitrogens with two attached hydrogens (primary N) is 1. The second kappa shape index (κ2) is 9.43. The van der Waals surface area contributed by atoms with Crippen molar-refractivity contribution in [2.45, 2.75) is 23.7 Å². The number of pyridine rings is 1. The van der Waals surface area contributed by atoms with Gasteiger partial charge in [-0.3, -0.25) is 10.2 Å². The van der Waals surface area contributed by atoms with Crippen molar-refractivity contribution >= 4 is 34.2 Å². The van der Waals surface area contributed by atoms with E-state index in [0.29, 0.717) is 15.5 Å². The van der Waals surface area contributed by atoms with Gasteiger partial charge in [0, 0.05) is 9.99 Å². The van der Waals surface area contributed by atoms with Crippen molar-refractivity contribution in [3.8, 4) is 11.6 Å². The highest BCUT2D eigenvalue weighted by molar-refractivity contribution is 14.1. The van der Waals surface area contributed by atoms with Crippen LogP contribution in [0.5, 0.6) is 11.6 Å². The van der Waals surface area contributed by atoms with Gasteiger partial charge in [0.25, 0.3) is 5.91 Å². The van der Waals surface area contributed by atoms with Crippen LogP contribution in [0.25, 0.3) is 0 Å². The molecule has 1 heterocycles. The minimum atomic E-state index is -0.299. The normalized spacial score (nSPS) is 11.6. The van der Waals surface area contributed by atoms with E-state index in [2.05, 4.69) is 57.4 Å². The topological polar surface area (TPSA) is 89.3 Å². The lowest BCUT2D eigenvalue weighted by atomic mass is 10.1. The van der Waals surface area contributed by atoms with E-state index in [0.717, 1.165) is 5.75 Å². The fourth-order valence-corrected chi connectivity index (χ4v) is 3.10. The number of anilines is 1. The number of carbonyl (C=O) groups is 1. The smallest absolute Gasteiger partial charge is 0.253 e. The lowest BCUT2D eigenvalue weighted by molar-refractivity contribution is -0.119. The van der Waals surface area contributed by atoms with E-state index in [1.165, 1.54) is 18.4 Å². The number of ether oxygens (including phenoxy) is 1. The van der Waals surface area contributed by atoms with E-state index >= 15 is 0 Å². The van der Waals surface area contributed by atoms with Crippen LogP contribution in [0.15, 0.2) is 42.6 Å². The van der Waals surface area contributed by atoms with Crippen LogP contribution in [-0.4, -0.2) is 17.4 Å². The molecule has 1 aromatic heterocycles. The summed E-state index contributed by atoms with van der Waals surface area (Å²) >= 11 is 2.46. The summed E-state index contributed by atoms with van der Waals surface area (Å²) in [5.41, 5.74) is 4.07. The summed E-state index contributed by atoms with van der Waals surface area (Å²) in [5.74, 6) is 5.96. The van der Waals surface area contributed by atoms with Gasteiger partial charge in [0.2, 0.25) is 5.88 Å². The first-order chi connectivity index (χ1) is 11.6. The number of alkyl halides is 1. The molecule has 1 aromatic carbocycles. The highest BCUT2D eigenvalue weighted by Gasteiger charge is 2.07. The van der Waals surface area contributed by atoms with Crippen molar-refractivity contribution in [2.24, 2.45) is 5.84 Å². The largest absolute Gasteiger partial charge is 0.439 e. The molecule has 0 aliphatic carbocycles. The molecule has 7 heteroatoms. The maximum absolute atomic E-state index is 11.1. The van der Waals surface area contributed by atoms with Crippen molar-refractivity contribution < 1.29 is 9.53 Å². The fourth-order valence-electron chi connectivity index (χ4n) is 2.06. The third-order valence-electron chi connectivity index (χ3n) is 3.36. The molecule has 6 nitrogen and oxygen atoms in total. The number of halogens is 1. The highest BCUT2D eigenvalue weighted by atomic mass is 127. The fraction of sp³-hybridized carbons (Fsp3) is 0.294. The third-order valence-corrected chi connectivity index (χ3v) is 4.70. The molecular weight excluding hydrogens is 419 g/mol. The van der Waals surface area contributed by atoms with E-state index in [-0.39, 0.29) is 12.5 Å². The number of hydrazine groups is 1. The van der Waals surface area contributed by atoms with Crippen LogP contribution >= 0.6 is 22.6 Å². The van der Waals surface area contributed by atoms with Gasteiger partial charge in [0.1, 0.15) is 5.75 Å². The number of amides is 1. The summed E-state index contributed by atoms with van der Waals surface area (Å²) in [7, 11) is 0. The number of benzene rings is 1. The van der Waals surface area contributed by atoms with Crippen LogP contribution < -0.4 is 21.3 Å². The van der Waals surface area contributed by atoms with Crippen molar-refractivity contribution in [1.29, 1.82) is 0 Å². The number of carbonyl (C=O) groups excluding carboxylic acids is 1. The molecule has 1 unspecified atom stereocenters. The number of nitrogens with one attached hydrogen (secondary N) is 2. The quantitative estimate of drug-likeness (QED) is 0.192. The molecular formula is C17H21IN4O2. The van der Waals surface area contributed by atoms with E-state index in [4.69, 9.17) is 10.6 Å². The van der Waals surface area contributed by atoms with Gasteiger partial charge in [-0.1, -0.05) is 48.1 Å². The minimum absolute atomic E-state index is 0.0923. The highest BCUT2D eigenvalue weighted by Crippen LogP contribution is 2.30. The first-order valence-corrected chi connectivity index (χ1v) is 8.98. The molecule has 1 amide bonds. The summed E-state index contributed by atoms with van der Waals surface area (Å²) in [6, 6.07) is 11.6. The molecule has 0 aliphatic heterocycles. The molecule has 0 saturated heterocycles. The van der Waals surface area contributed by atoms with Gasteiger partial charge in [-0.15, -0.1) is 0 Å². The van der Waals surface area contributed by atoms with Crippen LogP contribution in [0.4, 0.5) is 5.69 Å². The van der Waals surface area contributed by atoms with Gasteiger partial charge in [-0.2, -0.15) is 0 Å². The number of hydrogen-bond acceptors (Lipinski definition) is 5. The lowest BCUT2D eigenvalue weighted by Crippen LogP contribution is -2.35. The van der Waals surface area contributed by atoms with Crippen molar-refractivity contribution in [3.63, 3.8) is 0 Å². The molecule has 24 heavy (non-hydrogen) atoms. The Bertz CT molecular complexity index is 647. The monoisotopic (exact) mass is 440 g/mol. The molecule has 0 aliphatic rings. The Labute approximate surface area is 155 Å². The van der Waals surface area contributed by atoms with E-state index in [1.807, 2.05) is 12.1 Å². The number of rotatable bonds is 8. The molecule has 0 radical (unpaired) electrons. The van der Waals surface area contributed by atoms with Gasteiger partial charge in [0.05, 0.1) is 18.4 Å². The van der Waals surface area contributed by atoms with Crippen LogP contribution in [-0.2, 0) is 4.79 Å². The summed E-state index contributed by atoms with van der Waals surface area (Å²) in [4.78, 5) is 15.3. The van der Waals surface area contributed by atoms with Gasteiger partial charge >= 0.3 is 0 Å². The SMILES string of the molecule is CCCC(I)c1ccc(Oc2ccc(NCC(=O)NN)cn2)cc1. The van der Waals surface area contributed by atoms with Crippen molar-refractivity contribution in [1.82, 2.24) is 10.4 Å². The Balaban J connectivity index is 1.92.